The molecule has 0 saturated heterocycles. The lowest BCUT2D eigenvalue weighted by Crippen LogP contribution is -2.41. The van der Waals surface area contributed by atoms with Gasteiger partial charge in [-0.2, -0.15) is 9.39 Å². The minimum absolute atomic E-state index is 0.0518. The molecule has 2 aromatic carbocycles. The first kappa shape index (κ1) is 23.9. The van der Waals surface area contributed by atoms with Crippen molar-refractivity contribution in [3.05, 3.63) is 58.7 Å². The number of methoxy groups -OCH3 is 1. The van der Waals surface area contributed by atoms with Crippen molar-refractivity contribution in [2.75, 3.05) is 26.6 Å². The maximum Gasteiger partial charge on any atom is 0.283 e. The highest BCUT2D eigenvalue weighted by Gasteiger charge is 2.37. The predicted molar refractivity (Wildman–Crippen MR) is 138 cm³/mol. The number of nitrogens with one attached hydrogen (secondary N) is 1. The molecule has 8 nitrogen and oxygen atoms in total. The Labute approximate surface area is 206 Å². The molecule has 0 aliphatic carbocycles. The van der Waals surface area contributed by atoms with E-state index in [0.29, 0.717) is 40.6 Å². The molecule has 0 unspecified atom stereocenters. The number of thioether (sulfide) groups is 1. The molecule has 176 valence electrons. The second-order valence-electron chi connectivity index (χ2n) is 7.49. The molecule has 0 spiro atoms. The Kier molecular flexibility index (Phi) is 7.28. The minimum Gasteiger partial charge on any atom is -0.493 e. The number of carbonyl (C=O) groups excluding carboxylic acids is 1. The lowest BCUT2D eigenvalue weighted by molar-refractivity contribution is -0.114. The van der Waals surface area contributed by atoms with Crippen LogP contribution in [0, 0.1) is 19.3 Å². The third-order valence-corrected chi connectivity index (χ3v) is 6.57. The van der Waals surface area contributed by atoms with Gasteiger partial charge in [0, 0.05) is 0 Å². The molecule has 2 aromatic rings. The number of aryl methyl sites for hydroxylation is 2. The first-order valence-electron chi connectivity index (χ1n) is 10.4. The highest BCUT2D eigenvalue weighted by atomic mass is 32.2. The molecule has 0 bridgehead atoms. The first-order valence-corrected chi connectivity index (χ1v) is 12.4. The summed E-state index contributed by atoms with van der Waals surface area (Å²) in [6.07, 6.45) is 3.49. The number of rotatable bonds is 7. The fourth-order valence-electron chi connectivity index (χ4n) is 3.36. The van der Waals surface area contributed by atoms with E-state index >= 15 is 0 Å². The quantitative estimate of drug-likeness (QED) is 0.337. The summed E-state index contributed by atoms with van der Waals surface area (Å²) in [5.74, 6) is 1.50. The number of ether oxygens (including phenoxy) is 3. The van der Waals surface area contributed by atoms with Crippen molar-refractivity contribution in [3.63, 3.8) is 0 Å². The van der Waals surface area contributed by atoms with E-state index < -0.39 is 5.91 Å². The zero-order chi connectivity index (χ0) is 24.2. The summed E-state index contributed by atoms with van der Waals surface area (Å²) in [6, 6.07) is 11.4. The SMILES string of the molecule is COc1cc(/C=C2/C(=N)N3C(SC)=NSC3=NC2=O)ccc1OCCOc1cc(C)ccc1C. The molecule has 34 heavy (non-hydrogen) atoms. The molecular formula is C24H24N4O4S2. The van der Waals surface area contributed by atoms with E-state index in [9.17, 15) is 4.79 Å². The predicted octanol–water partition coefficient (Wildman–Crippen LogP) is 4.71. The normalized spacial score (nSPS) is 16.4. The van der Waals surface area contributed by atoms with Crippen LogP contribution < -0.4 is 14.2 Å². The summed E-state index contributed by atoms with van der Waals surface area (Å²) < 4.78 is 21.4. The molecule has 0 atom stereocenters. The minimum atomic E-state index is -0.468. The van der Waals surface area contributed by atoms with E-state index in [4.69, 9.17) is 19.6 Å². The summed E-state index contributed by atoms with van der Waals surface area (Å²) in [4.78, 5) is 18.2. The number of aliphatic imine (C=N–C) groups is 1. The summed E-state index contributed by atoms with van der Waals surface area (Å²) in [6.45, 7) is 4.76. The smallest absolute Gasteiger partial charge is 0.283 e. The average Bonchev–Trinajstić information content (AvgIpc) is 3.24. The van der Waals surface area contributed by atoms with E-state index in [1.54, 1.807) is 36.3 Å². The van der Waals surface area contributed by atoms with Gasteiger partial charge in [0.1, 0.15) is 24.8 Å². The van der Waals surface area contributed by atoms with Crippen LogP contribution in [0.2, 0.25) is 0 Å². The van der Waals surface area contributed by atoms with Crippen LogP contribution in [-0.4, -0.2) is 53.6 Å². The van der Waals surface area contributed by atoms with Crippen molar-refractivity contribution < 1.29 is 19.0 Å². The number of carbonyl (C=O) groups is 1. The van der Waals surface area contributed by atoms with E-state index in [0.717, 1.165) is 28.8 Å². The molecule has 4 rings (SSSR count). The summed E-state index contributed by atoms with van der Waals surface area (Å²) in [7, 11) is 1.55. The highest BCUT2D eigenvalue weighted by molar-refractivity contribution is 8.18. The maximum atomic E-state index is 12.5. The van der Waals surface area contributed by atoms with Gasteiger partial charge in [0.2, 0.25) is 5.17 Å². The number of amidine groups is 3. The Morgan fingerprint density at radius 1 is 1.09 bits per heavy atom. The second-order valence-corrected chi connectivity index (χ2v) is 8.99. The molecule has 2 aliphatic rings. The lowest BCUT2D eigenvalue weighted by Gasteiger charge is -2.23. The van der Waals surface area contributed by atoms with E-state index in [1.165, 1.54) is 11.8 Å². The van der Waals surface area contributed by atoms with Crippen molar-refractivity contribution in [3.8, 4) is 17.2 Å². The third-order valence-electron chi connectivity index (χ3n) is 5.12. The highest BCUT2D eigenvalue weighted by Crippen LogP contribution is 2.33. The summed E-state index contributed by atoms with van der Waals surface area (Å²) in [5, 5.41) is 9.54. The number of benzene rings is 2. The fraction of sp³-hybridized carbons (Fsp3) is 0.250. The van der Waals surface area contributed by atoms with Gasteiger partial charge in [0.05, 0.1) is 24.6 Å². The molecule has 0 saturated carbocycles. The van der Waals surface area contributed by atoms with E-state index in [-0.39, 0.29) is 11.4 Å². The molecule has 10 heteroatoms. The Hall–Kier alpha value is -3.24. The molecule has 2 heterocycles. The largest absolute Gasteiger partial charge is 0.493 e. The van der Waals surface area contributed by atoms with Crippen LogP contribution in [0.5, 0.6) is 17.2 Å². The Morgan fingerprint density at radius 3 is 2.59 bits per heavy atom. The molecular weight excluding hydrogens is 472 g/mol. The van der Waals surface area contributed by atoms with Crippen molar-refractivity contribution in [2.24, 2.45) is 9.39 Å². The Bertz CT molecular complexity index is 1240. The van der Waals surface area contributed by atoms with Gasteiger partial charge < -0.3 is 14.2 Å². The van der Waals surface area contributed by atoms with Crippen LogP contribution in [0.4, 0.5) is 0 Å². The van der Waals surface area contributed by atoms with Gasteiger partial charge in [-0.15, -0.1) is 0 Å². The van der Waals surface area contributed by atoms with Crippen LogP contribution in [0.3, 0.4) is 0 Å². The Balaban J connectivity index is 1.45. The lowest BCUT2D eigenvalue weighted by atomic mass is 10.1. The molecule has 1 N–H and O–H groups in total. The summed E-state index contributed by atoms with van der Waals surface area (Å²) in [5.41, 5.74) is 3.09. The van der Waals surface area contributed by atoms with Gasteiger partial charge in [-0.3, -0.25) is 10.2 Å². The fourth-order valence-corrected chi connectivity index (χ4v) is 4.81. The monoisotopic (exact) mass is 496 g/mol. The van der Waals surface area contributed by atoms with E-state index in [2.05, 4.69) is 9.39 Å². The van der Waals surface area contributed by atoms with Crippen LogP contribution in [-0.2, 0) is 4.79 Å². The maximum absolute atomic E-state index is 12.5. The van der Waals surface area contributed by atoms with Gasteiger partial charge in [0.25, 0.3) is 5.91 Å². The number of nitrogens with zero attached hydrogens (tertiary/aromatic N) is 3. The Morgan fingerprint density at radius 2 is 1.85 bits per heavy atom. The number of amides is 1. The second kappa shape index (κ2) is 10.4. The van der Waals surface area contributed by atoms with Gasteiger partial charge in [-0.1, -0.05) is 30.0 Å². The average molecular weight is 497 g/mol. The van der Waals surface area contributed by atoms with Gasteiger partial charge in [-0.05, 0) is 61.1 Å². The molecule has 0 aromatic heterocycles. The molecule has 2 aliphatic heterocycles. The van der Waals surface area contributed by atoms with Crippen molar-refractivity contribution >= 4 is 51.9 Å². The van der Waals surface area contributed by atoms with Crippen LogP contribution in [0.25, 0.3) is 6.08 Å². The van der Waals surface area contributed by atoms with Crippen LogP contribution in [0.15, 0.2) is 51.4 Å². The molecule has 0 radical (unpaired) electrons. The number of fused-ring (bicyclic) bond motifs is 1. The topological polar surface area (TPSA) is 96.6 Å². The van der Waals surface area contributed by atoms with Gasteiger partial charge in [-0.25, -0.2) is 4.90 Å². The van der Waals surface area contributed by atoms with E-state index in [1.807, 2.05) is 38.3 Å². The van der Waals surface area contributed by atoms with Crippen molar-refractivity contribution in [2.45, 2.75) is 13.8 Å². The standard InChI is InChI=1S/C24H24N4O4S2/c1-14-5-6-15(2)19(11-14)32-10-9-31-18-8-7-16(13-20(18)30-3)12-17-21(25)28-23(26-22(17)29)34-27-24(28)33-4/h5-8,11-13,25H,9-10H2,1-4H3/b17-12-,25-21?. The van der Waals surface area contributed by atoms with Crippen LogP contribution >= 0.6 is 23.7 Å². The molecule has 0 fully saturated rings. The summed E-state index contributed by atoms with van der Waals surface area (Å²) >= 11 is 2.50. The first-order chi connectivity index (χ1) is 16.4. The zero-order valence-corrected chi connectivity index (χ0v) is 20.9. The number of hydrogen-bond acceptors (Lipinski definition) is 8. The van der Waals surface area contributed by atoms with Crippen LogP contribution in [0.1, 0.15) is 16.7 Å². The van der Waals surface area contributed by atoms with Gasteiger partial charge >= 0.3 is 0 Å². The third kappa shape index (κ3) is 4.97. The van der Waals surface area contributed by atoms with Crippen molar-refractivity contribution in [1.82, 2.24) is 4.90 Å². The zero-order valence-electron chi connectivity index (χ0n) is 19.2. The number of hydrogen-bond donors (Lipinski definition) is 1. The molecule has 1 amide bonds. The van der Waals surface area contributed by atoms with Gasteiger partial charge in [0.15, 0.2) is 16.7 Å². The van der Waals surface area contributed by atoms with Crippen molar-refractivity contribution in [1.29, 1.82) is 5.41 Å².